The molecule has 0 aromatic carbocycles. The average Bonchev–Trinajstić information content (AvgIpc) is 3.09. The number of aromatic nitrogens is 2. The lowest BCUT2D eigenvalue weighted by Crippen LogP contribution is -2.45. The average molecular weight is 360 g/mol. The van der Waals surface area contributed by atoms with Crippen LogP contribution in [0.3, 0.4) is 0 Å². The summed E-state index contributed by atoms with van der Waals surface area (Å²) in [6, 6.07) is 2.40. The van der Waals surface area contributed by atoms with Crippen molar-refractivity contribution in [2.75, 3.05) is 43.4 Å². The molecule has 1 amide bonds. The lowest BCUT2D eigenvalue weighted by atomic mass is 10.2. The van der Waals surface area contributed by atoms with Gasteiger partial charge in [0.15, 0.2) is 5.76 Å². The number of hydrogen-bond acceptors (Lipinski definition) is 8. The van der Waals surface area contributed by atoms with E-state index in [1.54, 1.807) is 13.8 Å². The fourth-order valence-corrected chi connectivity index (χ4v) is 2.75. The quantitative estimate of drug-likeness (QED) is 0.645. The number of anilines is 2. The van der Waals surface area contributed by atoms with E-state index in [0.717, 1.165) is 32.2 Å². The van der Waals surface area contributed by atoms with E-state index in [1.165, 1.54) is 6.07 Å². The first-order valence-electron chi connectivity index (χ1n) is 8.19. The third-order valence-corrected chi connectivity index (χ3v) is 4.28. The second kappa shape index (κ2) is 7.08. The molecule has 1 N–H and O–H groups in total. The van der Waals surface area contributed by atoms with Crippen molar-refractivity contribution in [2.24, 2.45) is 0 Å². The first kappa shape index (κ1) is 17.8. The van der Waals surface area contributed by atoms with Gasteiger partial charge in [-0.05, 0) is 27.0 Å². The summed E-state index contributed by atoms with van der Waals surface area (Å²) >= 11 is 0. The van der Waals surface area contributed by atoms with Crippen molar-refractivity contribution in [3.8, 4) is 0 Å². The smallest absolute Gasteiger partial charge is 0.395 e. The fraction of sp³-hybridized carbons (Fsp3) is 0.438. The van der Waals surface area contributed by atoms with Crippen LogP contribution in [0.1, 0.15) is 21.9 Å². The van der Waals surface area contributed by atoms with Gasteiger partial charge >= 0.3 is 5.88 Å². The number of nitrogens with zero attached hydrogens (tertiary/aromatic N) is 5. The molecule has 10 heteroatoms. The van der Waals surface area contributed by atoms with Crippen LogP contribution in [0.15, 0.2) is 16.5 Å². The van der Waals surface area contributed by atoms with E-state index in [2.05, 4.69) is 32.1 Å². The summed E-state index contributed by atoms with van der Waals surface area (Å²) in [6.07, 6.45) is 0. The molecule has 3 rings (SSSR count). The molecule has 0 unspecified atom stereocenters. The number of hydrogen-bond donors (Lipinski definition) is 1. The Hall–Kier alpha value is -3.01. The molecule has 0 radical (unpaired) electrons. The summed E-state index contributed by atoms with van der Waals surface area (Å²) in [5, 5.41) is 13.3. The molecule has 3 heterocycles. The van der Waals surface area contributed by atoms with Crippen LogP contribution >= 0.6 is 0 Å². The molecule has 0 atom stereocenters. The number of furan rings is 1. The molecule has 2 aromatic rings. The molecule has 138 valence electrons. The minimum atomic E-state index is -0.693. The van der Waals surface area contributed by atoms with E-state index in [9.17, 15) is 14.9 Å². The Balaban J connectivity index is 1.77. The maximum Gasteiger partial charge on any atom is 0.433 e. The Bertz CT molecular complexity index is 818. The summed E-state index contributed by atoms with van der Waals surface area (Å²) in [4.78, 5) is 35.6. The van der Waals surface area contributed by atoms with Gasteiger partial charge in [-0.25, -0.2) is 9.97 Å². The maximum absolute atomic E-state index is 12.3. The lowest BCUT2D eigenvalue weighted by Gasteiger charge is -2.32. The van der Waals surface area contributed by atoms with Crippen LogP contribution in [0.4, 0.5) is 17.5 Å². The van der Waals surface area contributed by atoms with Crippen molar-refractivity contribution in [1.82, 2.24) is 14.9 Å². The Morgan fingerprint density at radius 2 is 1.81 bits per heavy atom. The molecule has 2 aromatic heterocycles. The van der Waals surface area contributed by atoms with Crippen molar-refractivity contribution >= 4 is 23.4 Å². The normalized spacial score (nSPS) is 15.1. The van der Waals surface area contributed by atoms with Crippen LogP contribution in [0.2, 0.25) is 0 Å². The monoisotopic (exact) mass is 360 g/mol. The molecular weight excluding hydrogens is 340 g/mol. The van der Waals surface area contributed by atoms with Crippen LogP contribution in [-0.4, -0.2) is 58.9 Å². The largest absolute Gasteiger partial charge is 0.433 e. The number of carbonyl (C=O) groups is 1. The van der Waals surface area contributed by atoms with Crippen LogP contribution in [0.5, 0.6) is 0 Å². The molecule has 1 saturated heterocycles. The molecule has 1 fully saturated rings. The number of carbonyl (C=O) groups excluding carboxylic acids is 1. The third kappa shape index (κ3) is 3.64. The Morgan fingerprint density at radius 3 is 2.35 bits per heavy atom. The minimum absolute atomic E-state index is 0.140. The molecule has 0 bridgehead atoms. The Morgan fingerprint density at radius 1 is 1.19 bits per heavy atom. The van der Waals surface area contributed by atoms with E-state index in [4.69, 9.17) is 4.42 Å². The zero-order valence-electron chi connectivity index (χ0n) is 14.9. The lowest BCUT2D eigenvalue weighted by molar-refractivity contribution is -0.402. The van der Waals surface area contributed by atoms with Crippen LogP contribution < -0.4 is 10.2 Å². The number of aryl methyl sites for hydroxylation is 2. The number of likely N-dealkylation sites (N-methyl/N-ethyl adjacent to an activating group) is 1. The van der Waals surface area contributed by atoms with Gasteiger partial charge in [0, 0.05) is 26.2 Å². The topological polar surface area (TPSA) is 118 Å². The molecule has 10 nitrogen and oxygen atoms in total. The van der Waals surface area contributed by atoms with E-state index < -0.39 is 16.7 Å². The standard InChI is InChI=1S/C16H20N6O4/c1-10-14(19-15(23)12-4-5-13(26-12)22(24)25)11(2)18-16(17-10)21-8-6-20(3)7-9-21/h4-5H,6-9H2,1-3H3,(H,19,23). The maximum atomic E-state index is 12.3. The molecule has 1 aliphatic heterocycles. The van der Waals surface area contributed by atoms with Gasteiger partial charge in [0.25, 0.3) is 5.91 Å². The zero-order chi connectivity index (χ0) is 18.8. The molecular formula is C16H20N6O4. The van der Waals surface area contributed by atoms with Crippen molar-refractivity contribution in [3.63, 3.8) is 0 Å². The van der Waals surface area contributed by atoms with Crippen molar-refractivity contribution < 1.29 is 14.1 Å². The second-order valence-electron chi connectivity index (χ2n) is 6.21. The summed E-state index contributed by atoms with van der Waals surface area (Å²) in [6.45, 7) is 7.14. The van der Waals surface area contributed by atoms with Gasteiger partial charge < -0.3 is 19.5 Å². The SMILES string of the molecule is Cc1nc(N2CCN(C)CC2)nc(C)c1NC(=O)c1ccc([N+](=O)[O-])o1. The van der Waals surface area contributed by atoms with Crippen LogP contribution in [0.25, 0.3) is 0 Å². The van der Waals surface area contributed by atoms with Crippen molar-refractivity contribution in [3.05, 3.63) is 39.4 Å². The first-order valence-corrected chi connectivity index (χ1v) is 8.19. The summed E-state index contributed by atoms with van der Waals surface area (Å²) in [5.41, 5.74) is 1.73. The minimum Gasteiger partial charge on any atom is -0.395 e. The number of nitro groups is 1. The second-order valence-corrected chi connectivity index (χ2v) is 6.21. The highest BCUT2D eigenvalue weighted by molar-refractivity contribution is 6.03. The molecule has 0 saturated carbocycles. The van der Waals surface area contributed by atoms with Crippen LogP contribution in [0, 0.1) is 24.0 Å². The molecule has 26 heavy (non-hydrogen) atoms. The summed E-state index contributed by atoms with van der Waals surface area (Å²) in [5.74, 6) is -0.566. The van der Waals surface area contributed by atoms with Crippen molar-refractivity contribution in [1.29, 1.82) is 0 Å². The third-order valence-electron chi connectivity index (χ3n) is 4.28. The first-order chi connectivity index (χ1) is 12.3. The van der Waals surface area contributed by atoms with E-state index >= 15 is 0 Å². The van der Waals surface area contributed by atoms with Gasteiger partial charge in [-0.2, -0.15) is 0 Å². The predicted molar refractivity (Wildman–Crippen MR) is 94.5 cm³/mol. The van der Waals surface area contributed by atoms with E-state index in [0.29, 0.717) is 23.0 Å². The van der Waals surface area contributed by atoms with Gasteiger partial charge in [0.05, 0.1) is 23.1 Å². The Labute approximate surface area is 150 Å². The predicted octanol–water partition coefficient (Wildman–Crippen LogP) is 1.60. The van der Waals surface area contributed by atoms with Gasteiger partial charge in [-0.15, -0.1) is 0 Å². The molecule has 1 aliphatic rings. The number of piperazine rings is 1. The van der Waals surface area contributed by atoms with Gasteiger partial charge in [-0.1, -0.05) is 0 Å². The van der Waals surface area contributed by atoms with Crippen LogP contribution in [-0.2, 0) is 0 Å². The fourth-order valence-electron chi connectivity index (χ4n) is 2.75. The zero-order valence-corrected chi connectivity index (χ0v) is 14.9. The highest BCUT2D eigenvalue weighted by atomic mass is 16.6. The number of amides is 1. The highest BCUT2D eigenvalue weighted by Crippen LogP contribution is 2.23. The highest BCUT2D eigenvalue weighted by Gasteiger charge is 2.21. The Kier molecular flexibility index (Phi) is 4.85. The number of nitrogens with one attached hydrogen (secondary N) is 1. The van der Waals surface area contributed by atoms with Gasteiger partial charge in [0.1, 0.15) is 4.92 Å². The van der Waals surface area contributed by atoms with Gasteiger partial charge in [-0.3, -0.25) is 14.9 Å². The summed E-state index contributed by atoms with van der Waals surface area (Å²) < 4.78 is 4.92. The van der Waals surface area contributed by atoms with Gasteiger partial charge in [0.2, 0.25) is 5.95 Å². The van der Waals surface area contributed by atoms with Crippen molar-refractivity contribution in [2.45, 2.75) is 13.8 Å². The molecule has 0 spiro atoms. The van der Waals surface area contributed by atoms with E-state index in [1.807, 2.05) is 0 Å². The number of rotatable bonds is 4. The van der Waals surface area contributed by atoms with E-state index in [-0.39, 0.29) is 5.76 Å². The molecule has 0 aliphatic carbocycles. The summed E-state index contributed by atoms with van der Waals surface area (Å²) in [7, 11) is 2.08.